The smallest absolute Gasteiger partial charge is 0.0329 e. The van der Waals surface area contributed by atoms with Crippen molar-refractivity contribution in [3.63, 3.8) is 0 Å². The van der Waals surface area contributed by atoms with E-state index in [0.717, 1.165) is 0 Å². The molecule has 4 N–H and O–H groups in total. The molecule has 0 aliphatic carbocycles. The molecule has 0 atom stereocenters. The molecule has 2 nitrogen and oxygen atoms in total. The summed E-state index contributed by atoms with van der Waals surface area (Å²) in [5.41, 5.74) is 9.62. The highest BCUT2D eigenvalue weighted by Crippen LogP contribution is 1.37. The zero-order chi connectivity index (χ0) is 3.41. The predicted molar refractivity (Wildman–Crippen MR) is 17.5 cm³/mol. The second kappa shape index (κ2) is 2.92. The highest BCUT2D eigenvalue weighted by molar-refractivity contribution is 4.48. The van der Waals surface area contributed by atoms with Crippen LogP contribution in [0.4, 0.5) is 0 Å². The van der Waals surface area contributed by atoms with Crippen LogP contribution in [-0.2, 0) is 0 Å². The van der Waals surface area contributed by atoms with Gasteiger partial charge in [-0.05, 0) is 0 Å². The molecule has 0 rings (SSSR count). The van der Waals surface area contributed by atoms with Gasteiger partial charge >= 0.3 is 0 Å². The van der Waals surface area contributed by atoms with Gasteiger partial charge < -0.3 is 11.5 Å². The van der Waals surface area contributed by atoms with Gasteiger partial charge in [-0.25, -0.2) is 0 Å². The summed E-state index contributed by atoms with van der Waals surface area (Å²) in [7, 11) is 0. The Hall–Kier alpha value is -0.0800. The van der Waals surface area contributed by atoms with E-state index in [-0.39, 0.29) is 0 Å². The van der Waals surface area contributed by atoms with Crippen LogP contribution < -0.4 is 11.5 Å². The van der Waals surface area contributed by atoms with Crippen LogP contribution in [0, 0.1) is 6.54 Å². The van der Waals surface area contributed by atoms with E-state index in [4.69, 9.17) is 11.5 Å². The van der Waals surface area contributed by atoms with E-state index in [2.05, 4.69) is 0 Å². The minimum absolute atomic E-state index is 0.472. The SMILES string of the molecule is N[CH]CN. The van der Waals surface area contributed by atoms with Gasteiger partial charge in [0, 0.05) is 13.1 Å². The summed E-state index contributed by atoms with van der Waals surface area (Å²) < 4.78 is 0. The third-order valence-electron chi connectivity index (χ3n) is 0.136. The molecular formula is C2H7N2. The maximum absolute atomic E-state index is 4.85. The largest absolute Gasteiger partial charge is 0.329 e. The van der Waals surface area contributed by atoms with Crippen molar-refractivity contribution in [2.45, 2.75) is 0 Å². The van der Waals surface area contributed by atoms with Gasteiger partial charge in [0.2, 0.25) is 0 Å². The van der Waals surface area contributed by atoms with Crippen LogP contribution in [0.25, 0.3) is 0 Å². The maximum Gasteiger partial charge on any atom is 0.0329 e. The molecule has 4 heavy (non-hydrogen) atoms. The Bertz CT molecular complexity index is 6.00. The molecule has 0 saturated heterocycles. The van der Waals surface area contributed by atoms with Crippen molar-refractivity contribution in [3.05, 3.63) is 6.54 Å². The molecular weight excluding hydrogens is 52.0 g/mol. The monoisotopic (exact) mass is 59.1 g/mol. The first kappa shape index (κ1) is 3.92. The fourth-order valence-corrected chi connectivity index (χ4v) is 0. The minimum atomic E-state index is 0.472. The summed E-state index contributed by atoms with van der Waals surface area (Å²) in [5, 5.41) is 0. The lowest BCUT2D eigenvalue weighted by atomic mass is 10.7. The van der Waals surface area contributed by atoms with Crippen LogP contribution >= 0.6 is 0 Å². The number of hydrogen-bond acceptors (Lipinski definition) is 2. The summed E-state index contributed by atoms with van der Waals surface area (Å²) in [6.07, 6.45) is 0. The quantitative estimate of drug-likeness (QED) is 0.410. The summed E-state index contributed by atoms with van der Waals surface area (Å²) in [6, 6.07) is 0. The lowest BCUT2D eigenvalue weighted by molar-refractivity contribution is 1.11. The van der Waals surface area contributed by atoms with Crippen LogP contribution in [0.15, 0.2) is 0 Å². The van der Waals surface area contributed by atoms with Crippen molar-refractivity contribution in [1.82, 2.24) is 0 Å². The van der Waals surface area contributed by atoms with Gasteiger partial charge in [0.15, 0.2) is 0 Å². The van der Waals surface area contributed by atoms with E-state index in [0.29, 0.717) is 6.54 Å². The van der Waals surface area contributed by atoms with Crippen LogP contribution in [-0.4, -0.2) is 6.54 Å². The Morgan fingerprint density at radius 1 is 1.75 bits per heavy atom. The van der Waals surface area contributed by atoms with E-state index in [1.54, 1.807) is 0 Å². The van der Waals surface area contributed by atoms with Crippen LogP contribution in [0.1, 0.15) is 0 Å². The Labute approximate surface area is 25.8 Å². The van der Waals surface area contributed by atoms with E-state index in [1.807, 2.05) is 0 Å². The molecule has 0 bridgehead atoms. The normalized spacial score (nSPS) is 7.50. The van der Waals surface area contributed by atoms with E-state index in [9.17, 15) is 0 Å². The van der Waals surface area contributed by atoms with Crippen molar-refractivity contribution in [2.24, 2.45) is 11.5 Å². The molecule has 0 aliphatic heterocycles. The molecule has 0 aromatic rings. The van der Waals surface area contributed by atoms with E-state index < -0.39 is 0 Å². The molecule has 0 aromatic heterocycles. The maximum atomic E-state index is 4.85. The van der Waals surface area contributed by atoms with Crippen molar-refractivity contribution in [3.8, 4) is 0 Å². The predicted octanol–water partition coefficient (Wildman–Crippen LogP) is -0.934. The molecule has 0 fully saturated rings. The molecule has 25 valence electrons. The summed E-state index contributed by atoms with van der Waals surface area (Å²) in [5.74, 6) is 0. The van der Waals surface area contributed by atoms with Gasteiger partial charge in [0.1, 0.15) is 0 Å². The number of rotatable bonds is 1. The minimum Gasteiger partial charge on any atom is -0.329 e. The average molecular weight is 59.1 g/mol. The third kappa shape index (κ3) is 1.92. The molecule has 0 heterocycles. The van der Waals surface area contributed by atoms with Crippen LogP contribution in [0.2, 0.25) is 0 Å². The second-order valence-corrected chi connectivity index (χ2v) is 0.471. The Morgan fingerprint density at radius 3 is 2.00 bits per heavy atom. The van der Waals surface area contributed by atoms with E-state index in [1.165, 1.54) is 6.54 Å². The molecule has 0 spiro atoms. The standard InChI is InChI=1S/C2H7N2/c3-1-2-4/h1H,2-4H2. The fourth-order valence-electron chi connectivity index (χ4n) is 0. The zero-order valence-corrected chi connectivity index (χ0v) is 2.44. The van der Waals surface area contributed by atoms with Gasteiger partial charge in [-0.2, -0.15) is 0 Å². The van der Waals surface area contributed by atoms with Gasteiger partial charge in [0.05, 0.1) is 0 Å². The van der Waals surface area contributed by atoms with Gasteiger partial charge in [-0.15, -0.1) is 0 Å². The van der Waals surface area contributed by atoms with Crippen molar-refractivity contribution in [1.29, 1.82) is 0 Å². The summed E-state index contributed by atoms with van der Waals surface area (Å²) in [4.78, 5) is 0. The van der Waals surface area contributed by atoms with Gasteiger partial charge in [0.25, 0.3) is 0 Å². The lowest BCUT2D eigenvalue weighted by Crippen LogP contribution is -2.04. The third-order valence-corrected chi connectivity index (χ3v) is 0.136. The molecule has 0 aliphatic rings. The second-order valence-electron chi connectivity index (χ2n) is 0.471. The molecule has 0 amide bonds. The van der Waals surface area contributed by atoms with Crippen LogP contribution in [0.5, 0.6) is 0 Å². The Kier molecular flexibility index (Phi) is 2.86. The fraction of sp³-hybridized carbons (Fsp3) is 0.500. The van der Waals surface area contributed by atoms with Crippen LogP contribution in [0.3, 0.4) is 0 Å². The van der Waals surface area contributed by atoms with Crippen molar-refractivity contribution < 1.29 is 0 Å². The number of nitrogens with two attached hydrogens (primary N) is 2. The Morgan fingerprint density at radius 2 is 2.00 bits per heavy atom. The average Bonchev–Trinajstić information content (AvgIpc) is 1.37. The zero-order valence-electron chi connectivity index (χ0n) is 2.44. The summed E-state index contributed by atoms with van der Waals surface area (Å²) in [6.45, 7) is 1.88. The molecule has 2 heteroatoms. The van der Waals surface area contributed by atoms with E-state index >= 15 is 0 Å². The van der Waals surface area contributed by atoms with Gasteiger partial charge in [-0.1, -0.05) is 0 Å². The molecule has 0 aromatic carbocycles. The molecule has 1 radical (unpaired) electrons. The summed E-state index contributed by atoms with van der Waals surface area (Å²) >= 11 is 0. The molecule has 0 saturated carbocycles. The molecule has 0 unspecified atom stereocenters. The lowest BCUT2D eigenvalue weighted by Gasteiger charge is -1.70. The first-order chi connectivity index (χ1) is 1.91. The topological polar surface area (TPSA) is 52.0 Å². The first-order valence-corrected chi connectivity index (χ1v) is 1.15. The van der Waals surface area contributed by atoms with Crippen molar-refractivity contribution >= 4 is 0 Å². The van der Waals surface area contributed by atoms with Gasteiger partial charge in [-0.3, -0.25) is 0 Å². The first-order valence-electron chi connectivity index (χ1n) is 1.15. The highest BCUT2D eigenvalue weighted by Gasteiger charge is 1.55. The number of hydrogen-bond donors (Lipinski definition) is 2. The highest BCUT2D eigenvalue weighted by atomic mass is 14.6. The van der Waals surface area contributed by atoms with Crippen molar-refractivity contribution in [2.75, 3.05) is 6.54 Å². The Balaban J connectivity index is 1.97.